The molecule has 26 heavy (non-hydrogen) atoms. The third kappa shape index (κ3) is 4.08. The van der Waals surface area contributed by atoms with Crippen LogP contribution in [0.2, 0.25) is 0 Å². The summed E-state index contributed by atoms with van der Waals surface area (Å²) in [4.78, 5) is 14.3. The minimum atomic E-state index is -0.362. The number of hydrogen-bond donors (Lipinski definition) is 1. The zero-order valence-electron chi connectivity index (χ0n) is 14.6. The van der Waals surface area contributed by atoms with Crippen molar-refractivity contribution in [3.63, 3.8) is 0 Å². The van der Waals surface area contributed by atoms with Crippen molar-refractivity contribution in [3.8, 4) is 5.75 Å². The molecule has 0 spiro atoms. The molecule has 1 N–H and O–H groups in total. The average Bonchev–Trinajstić information content (AvgIpc) is 3.14. The van der Waals surface area contributed by atoms with Crippen LogP contribution in [-0.2, 0) is 6.61 Å². The van der Waals surface area contributed by atoms with E-state index in [2.05, 4.69) is 10.2 Å². The van der Waals surface area contributed by atoms with Gasteiger partial charge < -0.3 is 9.64 Å². The Hall–Kier alpha value is -3.15. The van der Waals surface area contributed by atoms with Crippen molar-refractivity contribution < 1.29 is 13.9 Å². The predicted octanol–water partition coefficient (Wildman–Crippen LogP) is 3.96. The first-order valence-electron chi connectivity index (χ1n) is 8.29. The second-order valence-corrected chi connectivity index (χ2v) is 6.03. The molecular weight excluding hydrogens is 333 g/mol. The monoisotopic (exact) mass is 353 g/mol. The fourth-order valence-corrected chi connectivity index (χ4v) is 2.57. The quantitative estimate of drug-likeness (QED) is 0.730. The van der Waals surface area contributed by atoms with Crippen LogP contribution < -0.4 is 4.74 Å². The number of nitrogens with one attached hydrogen (secondary N) is 1. The van der Waals surface area contributed by atoms with Gasteiger partial charge in [-0.25, -0.2) is 4.39 Å². The molecule has 1 heterocycles. The lowest BCUT2D eigenvalue weighted by Gasteiger charge is -2.24. The van der Waals surface area contributed by atoms with Crippen LogP contribution in [0.3, 0.4) is 0 Å². The van der Waals surface area contributed by atoms with Gasteiger partial charge in [-0.15, -0.1) is 0 Å². The highest BCUT2D eigenvalue weighted by Crippen LogP contribution is 2.20. The van der Waals surface area contributed by atoms with Gasteiger partial charge in [0, 0.05) is 13.1 Å². The van der Waals surface area contributed by atoms with Crippen molar-refractivity contribution in [3.05, 3.63) is 83.4 Å². The van der Waals surface area contributed by atoms with Crippen molar-refractivity contribution in [2.24, 2.45) is 0 Å². The van der Waals surface area contributed by atoms with E-state index in [1.54, 1.807) is 30.1 Å². The van der Waals surface area contributed by atoms with E-state index in [9.17, 15) is 9.18 Å². The lowest BCUT2D eigenvalue weighted by Crippen LogP contribution is -2.29. The van der Waals surface area contributed by atoms with Crippen LogP contribution in [0.4, 0.5) is 4.39 Å². The van der Waals surface area contributed by atoms with Crippen molar-refractivity contribution in [1.29, 1.82) is 0 Å². The fraction of sp³-hybridized carbons (Fsp3) is 0.200. The maximum Gasteiger partial charge on any atom is 0.274 e. The van der Waals surface area contributed by atoms with Gasteiger partial charge in [0.1, 0.15) is 18.2 Å². The Bertz CT molecular complexity index is 880. The lowest BCUT2D eigenvalue weighted by atomic mass is 10.1. The molecule has 0 saturated heterocycles. The van der Waals surface area contributed by atoms with Crippen molar-refractivity contribution in [2.45, 2.75) is 19.6 Å². The molecule has 0 radical (unpaired) electrons. The Morgan fingerprint density at radius 3 is 2.69 bits per heavy atom. The molecule has 3 rings (SSSR count). The molecule has 0 fully saturated rings. The van der Waals surface area contributed by atoms with Gasteiger partial charge in [-0.2, -0.15) is 5.10 Å². The summed E-state index contributed by atoms with van der Waals surface area (Å²) in [5, 5.41) is 6.86. The Morgan fingerprint density at radius 1 is 1.19 bits per heavy atom. The minimum Gasteiger partial charge on any atom is -0.487 e. The summed E-state index contributed by atoms with van der Waals surface area (Å²) in [6, 6.07) is 17.3. The highest BCUT2D eigenvalue weighted by molar-refractivity contribution is 5.92. The second-order valence-electron chi connectivity index (χ2n) is 6.03. The summed E-state index contributed by atoms with van der Waals surface area (Å²) < 4.78 is 18.7. The summed E-state index contributed by atoms with van der Waals surface area (Å²) in [6.07, 6.45) is 0. The van der Waals surface area contributed by atoms with E-state index in [1.165, 1.54) is 12.1 Å². The number of ether oxygens (including phenoxy) is 1. The van der Waals surface area contributed by atoms with E-state index >= 15 is 0 Å². The van der Waals surface area contributed by atoms with Gasteiger partial charge >= 0.3 is 0 Å². The van der Waals surface area contributed by atoms with Gasteiger partial charge in [0.2, 0.25) is 0 Å². The number of aromatic nitrogens is 2. The van der Waals surface area contributed by atoms with Crippen LogP contribution in [-0.4, -0.2) is 28.1 Å². The number of carbonyl (C=O) groups is 1. The largest absolute Gasteiger partial charge is 0.487 e. The van der Waals surface area contributed by atoms with Crippen LogP contribution in [0.5, 0.6) is 5.75 Å². The van der Waals surface area contributed by atoms with Crippen LogP contribution >= 0.6 is 0 Å². The lowest BCUT2D eigenvalue weighted by molar-refractivity contribution is 0.0736. The molecule has 1 aromatic heterocycles. The maximum absolute atomic E-state index is 13.2. The first kappa shape index (κ1) is 17.7. The Kier molecular flexibility index (Phi) is 5.31. The molecule has 5 nitrogen and oxygen atoms in total. The highest BCUT2D eigenvalue weighted by atomic mass is 19.1. The van der Waals surface area contributed by atoms with Gasteiger partial charge in [-0.05, 0) is 30.7 Å². The fourth-order valence-electron chi connectivity index (χ4n) is 2.57. The molecule has 0 unspecified atom stereocenters. The van der Waals surface area contributed by atoms with Crippen LogP contribution in [0, 0.1) is 5.82 Å². The van der Waals surface area contributed by atoms with Gasteiger partial charge in [0.15, 0.2) is 5.69 Å². The Balaban J connectivity index is 1.64. The van der Waals surface area contributed by atoms with Crippen molar-refractivity contribution in [1.82, 2.24) is 15.1 Å². The molecule has 1 amide bonds. The Labute approximate surface area is 151 Å². The van der Waals surface area contributed by atoms with E-state index in [-0.39, 0.29) is 24.4 Å². The van der Waals surface area contributed by atoms with Gasteiger partial charge in [-0.1, -0.05) is 36.4 Å². The molecule has 0 bridgehead atoms. The zero-order chi connectivity index (χ0) is 18.5. The second kappa shape index (κ2) is 7.82. The predicted molar refractivity (Wildman–Crippen MR) is 96.3 cm³/mol. The van der Waals surface area contributed by atoms with Crippen molar-refractivity contribution in [2.75, 3.05) is 7.05 Å². The molecule has 3 aromatic rings. The number of rotatable bonds is 6. The number of nitrogens with zero attached hydrogens (tertiary/aromatic N) is 2. The summed E-state index contributed by atoms with van der Waals surface area (Å²) in [7, 11) is 1.75. The van der Waals surface area contributed by atoms with E-state index in [1.807, 2.05) is 37.3 Å². The molecule has 0 aliphatic carbocycles. The number of carbonyl (C=O) groups excluding carboxylic acids is 1. The molecular formula is C20H20FN3O2. The van der Waals surface area contributed by atoms with Gasteiger partial charge in [0.05, 0.1) is 11.7 Å². The van der Waals surface area contributed by atoms with E-state index in [0.717, 1.165) is 5.56 Å². The smallest absolute Gasteiger partial charge is 0.274 e. The number of aromatic amines is 1. The molecule has 2 aromatic carbocycles. The van der Waals surface area contributed by atoms with Crippen molar-refractivity contribution >= 4 is 5.91 Å². The van der Waals surface area contributed by atoms with E-state index < -0.39 is 0 Å². The topological polar surface area (TPSA) is 58.2 Å². The number of halogens is 1. The molecule has 0 aliphatic rings. The first-order chi connectivity index (χ1) is 12.5. The summed E-state index contributed by atoms with van der Waals surface area (Å²) in [5.41, 5.74) is 2.00. The van der Waals surface area contributed by atoms with E-state index in [0.29, 0.717) is 17.1 Å². The van der Waals surface area contributed by atoms with E-state index in [4.69, 9.17) is 4.74 Å². The number of H-pyrrole nitrogens is 1. The molecule has 1 atom stereocenters. The molecule has 0 saturated carbocycles. The minimum absolute atomic E-state index is 0.0765. The molecule has 6 heteroatoms. The number of amides is 1. The van der Waals surface area contributed by atoms with Gasteiger partial charge in [-0.3, -0.25) is 9.89 Å². The number of benzene rings is 2. The summed E-state index contributed by atoms with van der Waals surface area (Å²) >= 11 is 0. The molecule has 0 aliphatic heterocycles. The first-order valence-corrected chi connectivity index (χ1v) is 8.29. The molecule has 134 valence electrons. The maximum atomic E-state index is 13.2. The average molecular weight is 353 g/mol. The zero-order valence-corrected chi connectivity index (χ0v) is 14.6. The summed E-state index contributed by atoms with van der Waals surface area (Å²) in [5.74, 6) is -0.128. The van der Waals surface area contributed by atoms with Gasteiger partial charge in [0.25, 0.3) is 5.91 Å². The number of hydrogen-bond acceptors (Lipinski definition) is 3. The third-order valence-electron chi connectivity index (χ3n) is 4.22. The normalized spacial score (nSPS) is 11.8. The van der Waals surface area contributed by atoms with Crippen LogP contribution in [0.1, 0.15) is 34.7 Å². The highest BCUT2D eigenvalue weighted by Gasteiger charge is 2.21. The summed E-state index contributed by atoms with van der Waals surface area (Å²) in [6.45, 7) is 2.13. The standard InChI is InChI=1S/C20H20FN3O2/c1-14(15-7-4-3-5-8-15)24(2)20(25)19-12-17(22-23-19)13-26-18-10-6-9-16(21)11-18/h3-12,14H,13H2,1-2H3,(H,22,23)/t14-/m0/s1. The van der Waals surface area contributed by atoms with Crippen LogP contribution in [0.15, 0.2) is 60.7 Å². The van der Waals surface area contributed by atoms with Crippen LogP contribution in [0.25, 0.3) is 0 Å². The Morgan fingerprint density at radius 2 is 1.96 bits per heavy atom. The SMILES string of the molecule is C[C@@H](c1ccccc1)N(C)C(=O)c1cc(COc2cccc(F)c2)[nH]n1. The third-order valence-corrected chi connectivity index (χ3v) is 4.22.